The molecular weight excluding hydrogens is 136 g/mol. The van der Waals surface area contributed by atoms with Gasteiger partial charge in [-0.15, -0.1) is 0 Å². The summed E-state index contributed by atoms with van der Waals surface area (Å²) in [5.74, 6) is 0. The second-order valence-corrected chi connectivity index (χ2v) is 2.99. The lowest BCUT2D eigenvalue weighted by molar-refractivity contribution is 0.0908. The van der Waals surface area contributed by atoms with Gasteiger partial charge in [-0.25, -0.2) is 0 Å². The maximum absolute atomic E-state index is 5.30. The van der Waals surface area contributed by atoms with Crippen LogP contribution in [-0.2, 0) is 4.74 Å². The molecule has 0 heterocycles. The number of hydrogen-bond acceptors (Lipinski definition) is 1. The van der Waals surface area contributed by atoms with Crippen molar-refractivity contribution in [1.29, 1.82) is 0 Å². The fourth-order valence-corrected chi connectivity index (χ4v) is 0.935. The van der Waals surface area contributed by atoms with E-state index in [0.717, 1.165) is 0 Å². The average molecular weight is 150 g/mol. The molecule has 0 fully saturated rings. The minimum absolute atomic E-state index is 0.228. The number of rotatable bonds is 1. The van der Waals surface area contributed by atoms with Crippen LogP contribution in [0.25, 0.3) is 0 Å². The Morgan fingerprint density at radius 3 is 2.73 bits per heavy atom. The highest BCUT2D eigenvalue weighted by Crippen LogP contribution is 2.17. The van der Waals surface area contributed by atoms with Crippen molar-refractivity contribution in [3.05, 3.63) is 36.0 Å². The fraction of sp³-hybridized carbons (Fsp3) is 0.400. The molecule has 1 nitrogen and oxygen atoms in total. The normalized spacial score (nSPS) is 29.9. The predicted molar refractivity (Wildman–Crippen MR) is 47.5 cm³/mol. The minimum atomic E-state index is -0.228. The first-order valence-electron chi connectivity index (χ1n) is 3.77. The first-order valence-corrected chi connectivity index (χ1v) is 3.77. The molecule has 1 atom stereocenters. The molecule has 0 radical (unpaired) electrons. The van der Waals surface area contributed by atoms with Crippen LogP contribution in [-0.4, -0.2) is 12.7 Å². The van der Waals surface area contributed by atoms with Gasteiger partial charge in [-0.2, -0.15) is 0 Å². The van der Waals surface area contributed by atoms with Crippen molar-refractivity contribution in [3.63, 3.8) is 0 Å². The molecule has 60 valence electrons. The maximum atomic E-state index is 5.30. The summed E-state index contributed by atoms with van der Waals surface area (Å²) in [6.45, 7) is 4.11. The van der Waals surface area contributed by atoms with Crippen LogP contribution in [0, 0.1) is 0 Å². The largest absolute Gasteiger partial charge is 0.370 e. The van der Waals surface area contributed by atoms with Crippen LogP contribution in [0.15, 0.2) is 36.0 Å². The van der Waals surface area contributed by atoms with Crippen LogP contribution in [0.5, 0.6) is 0 Å². The van der Waals surface area contributed by atoms with Crippen molar-refractivity contribution in [3.8, 4) is 0 Å². The Morgan fingerprint density at radius 2 is 2.09 bits per heavy atom. The van der Waals surface area contributed by atoms with Crippen LogP contribution < -0.4 is 0 Å². The summed E-state index contributed by atoms with van der Waals surface area (Å²) >= 11 is 0. The number of ether oxygens (including phenoxy) is 1. The summed E-state index contributed by atoms with van der Waals surface area (Å²) in [4.78, 5) is 0. The highest BCUT2D eigenvalue weighted by atomic mass is 16.5. The zero-order valence-electron chi connectivity index (χ0n) is 7.29. The van der Waals surface area contributed by atoms with Crippen molar-refractivity contribution in [1.82, 2.24) is 0 Å². The third-order valence-electron chi connectivity index (χ3n) is 1.90. The summed E-state index contributed by atoms with van der Waals surface area (Å²) in [6.07, 6.45) is 10.3. The van der Waals surface area contributed by atoms with Gasteiger partial charge < -0.3 is 4.74 Å². The van der Waals surface area contributed by atoms with E-state index in [1.165, 1.54) is 5.57 Å². The molecular formula is C10H14O. The molecule has 1 rings (SSSR count). The van der Waals surface area contributed by atoms with Crippen LogP contribution in [0.2, 0.25) is 0 Å². The van der Waals surface area contributed by atoms with Crippen molar-refractivity contribution in [2.45, 2.75) is 19.4 Å². The maximum Gasteiger partial charge on any atom is 0.102 e. The smallest absolute Gasteiger partial charge is 0.102 e. The van der Waals surface area contributed by atoms with Gasteiger partial charge in [-0.3, -0.25) is 0 Å². The summed E-state index contributed by atoms with van der Waals surface area (Å²) in [5, 5.41) is 0. The van der Waals surface area contributed by atoms with Gasteiger partial charge in [0.1, 0.15) is 5.60 Å². The van der Waals surface area contributed by atoms with Gasteiger partial charge in [0.25, 0.3) is 0 Å². The lowest BCUT2D eigenvalue weighted by atomic mass is 10.1. The van der Waals surface area contributed by atoms with Crippen LogP contribution >= 0.6 is 0 Å². The topological polar surface area (TPSA) is 9.23 Å². The second kappa shape index (κ2) is 3.05. The summed E-state index contributed by atoms with van der Waals surface area (Å²) in [6, 6.07) is 0. The fourth-order valence-electron chi connectivity index (χ4n) is 0.935. The monoisotopic (exact) mass is 150 g/mol. The van der Waals surface area contributed by atoms with E-state index in [0.29, 0.717) is 0 Å². The van der Waals surface area contributed by atoms with Crippen LogP contribution in [0.1, 0.15) is 13.8 Å². The molecule has 0 aliphatic heterocycles. The summed E-state index contributed by atoms with van der Waals surface area (Å²) in [5.41, 5.74) is 1.02. The molecule has 11 heavy (non-hydrogen) atoms. The molecule has 1 aliphatic rings. The molecule has 0 aromatic heterocycles. The zero-order chi connectivity index (χ0) is 8.32. The lowest BCUT2D eigenvalue weighted by Crippen LogP contribution is -2.20. The third-order valence-corrected chi connectivity index (χ3v) is 1.90. The molecule has 0 saturated carbocycles. The summed E-state index contributed by atoms with van der Waals surface area (Å²) < 4.78 is 5.30. The molecule has 0 aromatic carbocycles. The van der Waals surface area contributed by atoms with Gasteiger partial charge in [-0.1, -0.05) is 23.8 Å². The van der Waals surface area contributed by atoms with E-state index >= 15 is 0 Å². The molecule has 0 aromatic rings. The number of allylic oxidation sites excluding steroid dienone is 4. The quantitative estimate of drug-likeness (QED) is 0.558. The first-order chi connectivity index (χ1) is 5.16. The lowest BCUT2D eigenvalue weighted by Gasteiger charge is -2.18. The second-order valence-electron chi connectivity index (χ2n) is 2.99. The number of hydrogen-bond donors (Lipinski definition) is 0. The molecule has 1 unspecified atom stereocenters. The zero-order valence-corrected chi connectivity index (χ0v) is 7.29. The van der Waals surface area contributed by atoms with Crippen molar-refractivity contribution >= 4 is 0 Å². The Morgan fingerprint density at radius 1 is 1.36 bits per heavy atom. The Balaban J connectivity index is 2.86. The van der Waals surface area contributed by atoms with E-state index in [4.69, 9.17) is 4.74 Å². The molecule has 1 aliphatic carbocycles. The van der Waals surface area contributed by atoms with Gasteiger partial charge in [0.15, 0.2) is 0 Å². The molecule has 0 amide bonds. The van der Waals surface area contributed by atoms with Crippen molar-refractivity contribution in [2.75, 3.05) is 7.11 Å². The Labute approximate surface area is 68.1 Å². The van der Waals surface area contributed by atoms with Gasteiger partial charge in [0.2, 0.25) is 0 Å². The minimum Gasteiger partial charge on any atom is -0.370 e. The average Bonchev–Trinajstić information content (AvgIpc) is 2.15. The van der Waals surface area contributed by atoms with E-state index < -0.39 is 0 Å². The van der Waals surface area contributed by atoms with Crippen LogP contribution in [0.3, 0.4) is 0 Å². The Kier molecular flexibility index (Phi) is 2.30. The third kappa shape index (κ3) is 2.05. The van der Waals surface area contributed by atoms with E-state index in [1.807, 2.05) is 19.1 Å². The first kappa shape index (κ1) is 8.28. The molecule has 0 N–H and O–H groups in total. The predicted octanol–water partition coefficient (Wildman–Crippen LogP) is 2.46. The number of methoxy groups -OCH3 is 1. The van der Waals surface area contributed by atoms with Gasteiger partial charge in [0, 0.05) is 7.11 Å². The van der Waals surface area contributed by atoms with Gasteiger partial charge in [-0.05, 0) is 26.0 Å². The molecule has 1 heteroatoms. The van der Waals surface area contributed by atoms with Gasteiger partial charge in [0.05, 0.1) is 0 Å². The van der Waals surface area contributed by atoms with Crippen molar-refractivity contribution in [2.24, 2.45) is 0 Å². The van der Waals surface area contributed by atoms with Crippen LogP contribution in [0.4, 0.5) is 0 Å². The Bertz CT molecular complexity index is 223. The van der Waals surface area contributed by atoms with E-state index in [2.05, 4.69) is 25.2 Å². The highest BCUT2D eigenvalue weighted by Gasteiger charge is 2.15. The molecule has 0 bridgehead atoms. The molecule has 0 spiro atoms. The summed E-state index contributed by atoms with van der Waals surface area (Å²) in [7, 11) is 1.72. The SMILES string of the molecule is COC1(C)C=CC=C(C)C=C1. The van der Waals surface area contributed by atoms with Crippen molar-refractivity contribution < 1.29 is 4.74 Å². The highest BCUT2D eigenvalue weighted by molar-refractivity contribution is 5.31. The standard InChI is InChI=1S/C10H14O/c1-9-5-4-7-10(2,11-3)8-6-9/h4-8H,1-3H3. The van der Waals surface area contributed by atoms with E-state index in [9.17, 15) is 0 Å². The molecule has 0 saturated heterocycles. The van der Waals surface area contributed by atoms with E-state index in [-0.39, 0.29) is 5.60 Å². The Hall–Kier alpha value is -0.820. The van der Waals surface area contributed by atoms with E-state index in [1.54, 1.807) is 7.11 Å². The van der Waals surface area contributed by atoms with Gasteiger partial charge >= 0.3 is 0 Å².